The van der Waals surface area contributed by atoms with E-state index in [9.17, 15) is 9.59 Å². The van der Waals surface area contributed by atoms with E-state index in [0.29, 0.717) is 43.6 Å². The van der Waals surface area contributed by atoms with Gasteiger partial charge in [-0.25, -0.2) is 0 Å². The van der Waals surface area contributed by atoms with Crippen LogP contribution < -0.4 is 29.2 Å². The predicted octanol–water partition coefficient (Wildman–Crippen LogP) is 5.14. The summed E-state index contributed by atoms with van der Waals surface area (Å²) in [5, 5.41) is 2.76. The molecule has 0 radical (unpaired) electrons. The Morgan fingerprint density at radius 3 is 2.19 bits per heavy atom. The first kappa shape index (κ1) is 26.1. The van der Waals surface area contributed by atoms with Crippen molar-refractivity contribution in [3.8, 4) is 23.0 Å². The molecule has 0 spiro atoms. The molecule has 0 aliphatic carbocycles. The Balaban J connectivity index is 1.42. The Morgan fingerprint density at radius 2 is 1.57 bits per heavy atom. The number of ether oxygens (including phenoxy) is 4. The first-order valence-electron chi connectivity index (χ1n) is 11.1. The summed E-state index contributed by atoms with van der Waals surface area (Å²) in [5.74, 6) is 1.68. The SMILES string of the molecule is COc1ccc(NC(=O)COc2ccc(C=C3SC(=S)N(c4ccc(OC)cc4)C3=O)cc2OC)cc1. The predicted molar refractivity (Wildman–Crippen MR) is 149 cm³/mol. The summed E-state index contributed by atoms with van der Waals surface area (Å²) >= 11 is 6.67. The van der Waals surface area contributed by atoms with Crippen molar-refractivity contribution < 1.29 is 28.5 Å². The molecule has 3 aromatic carbocycles. The molecule has 0 atom stereocenters. The Hall–Kier alpha value is -4.02. The van der Waals surface area contributed by atoms with Crippen LogP contribution in [0.2, 0.25) is 0 Å². The maximum Gasteiger partial charge on any atom is 0.270 e. The quantitative estimate of drug-likeness (QED) is 0.297. The van der Waals surface area contributed by atoms with Crippen LogP contribution in [0.15, 0.2) is 71.6 Å². The molecule has 37 heavy (non-hydrogen) atoms. The molecule has 3 aromatic rings. The average Bonchev–Trinajstić information content (AvgIpc) is 3.20. The molecule has 8 nitrogen and oxygen atoms in total. The third-order valence-electron chi connectivity index (χ3n) is 5.34. The molecule has 0 bridgehead atoms. The molecule has 1 N–H and O–H groups in total. The number of hydrogen-bond donors (Lipinski definition) is 1. The van der Waals surface area contributed by atoms with Gasteiger partial charge in [-0.3, -0.25) is 14.5 Å². The van der Waals surface area contributed by atoms with Gasteiger partial charge in [-0.05, 0) is 72.3 Å². The third kappa shape index (κ3) is 6.22. The van der Waals surface area contributed by atoms with E-state index in [-0.39, 0.29) is 18.4 Å². The van der Waals surface area contributed by atoms with E-state index in [0.717, 1.165) is 5.56 Å². The van der Waals surface area contributed by atoms with E-state index in [4.69, 9.17) is 31.2 Å². The van der Waals surface area contributed by atoms with Crippen LogP contribution in [0.25, 0.3) is 6.08 Å². The van der Waals surface area contributed by atoms with Gasteiger partial charge >= 0.3 is 0 Å². The summed E-state index contributed by atoms with van der Waals surface area (Å²) in [6.45, 7) is -0.206. The molecule has 1 fully saturated rings. The minimum Gasteiger partial charge on any atom is -0.497 e. The molecule has 0 unspecified atom stereocenters. The van der Waals surface area contributed by atoms with Crippen LogP contribution in [0, 0.1) is 0 Å². The fourth-order valence-electron chi connectivity index (χ4n) is 3.48. The lowest BCUT2D eigenvalue weighted by Gasteiger charge is -2.14. The highest BCUT2D eigenvalue weighted by Gasteiger charge is 2.33. The smallest absolute Gasteiger partial charge is 0.270 e. The van der Waals surface area contributed by atoms with Crippen LogP contribution in [0.4, 0.5) is 11.4 Å². The molecule has 0 saturated carbocycles. The molecule has 4 rings (SSSR count). The monoisotopic (exact) mass is 536 g/mol. The zero-order chi connectivity index (χ0) is 26.4. The number of benzene rings is 3. The van der Waals surface area contributed by atoms with Crippen molar-refractivity contribution in [2.24, 2.45) is 0 Å². The summed E-state index contributed by atoms with van der Waals surface area (Å²) in [5.41, 5.74) is 2.02. The van der Waals surface area contributed by atoms with Crippen LogP contribution in [0.3, 0.4) is 0 Å². The van der Waals surface area contributed by atoms with Gasteiger partial charge in [-0.1, -0.05) is 30.0 Å². The summed E-state index contributed by atoms with van der Waals surface area (Å²) in [4.78, 5) is 27.3. The second-order valence-electron chi connectivity index (χ2n) is 7.69. The highest BCUT2D eigenvalue weighted by molar-refractivity contribution is 8.27. The number of carbonyl (C=O) groups excluding carboxylic acids is 2. The second-order valence-corrected chi connectivity index (χ2v) is 9.37. The first-order valence-corrected chi connectivity index (χ1v) is 12.3. The van der Waals surface area contributed by atoms with E-state index in [2.05, 4.69) is 5.32 Å². The number of hydrogen-bond acceptors (Lipinski definition) is 8. The van der Waals surface area contributed by atoms with Gasteiger partial charge in [0.05, 0.1) is 31.9 Å². The van der Waals surface area contributed by atoms with Crippen molar-refractivity contribution in [2.75, 3.05) is 38.2 Å². The Labute approximate surface area is 224 Å². The number of nitrogens with one attached hydrogen (secondary N) is 1. The van der Waals surface area contributed by atoms with Gasteiger partial charge in [0.25, 0.3) is 11.8 Å². The normalized spacial score (nSPS) is 14.0. The molecule has 0 aromatic heterocycles. The number of nitrogens with zero attached hydrogens (tertiary/aromatic N) is 1. The van der Waals surface area contributed by atoms with E-state index in [1.807, 2.05) is 0 Å². The van der Waals surface area contributed by atoms with E-state index >= 15 is 0 Å². The molecular formula is C27H24N2O6S2. The highest BCUT2D eigenvalue weighted by atomic mass is 32.2. The van der Waals surface area contributed by atoms with Gasteiger partial charge < -0.3 is 24.3 Å². The summed E-state index contributed by atoms with van der Waals surface area (Å²) < 4.78 is 21.9. The first-order chi connectivity index (χ1) is 17.9. The minimum atomic E-state index is -0.321. The van der Waals surface area contributed by atoms with Crippen molar-refractivity contribution in [1.82, 2.24) is 0 Å². The molecule has 190 valence electrons. The summed E-state index contributed by atoms with van der Waals surface area (Å²) in [6, 6.07) is 19.3. The zero-order valence-electron chi connectivity index (χ0n) is 20.3. The van der Waals surface area contributed by atoms with Gasteiger partial charge in [0.15, 0.2) is 22.4 Å². The van der Waals surface area contributed by atoms with Crippen LogP contribution in [-0.2, 0) is 9.59 Å². The lowest BCUT2D eigenvalue weighted by atomic mass is 10.1. The molecule has 1 saturated heterocycles. The number of carbonyl (C=O) groups is 2. The highest BCUT2D eigenvalue weighted by Crippen LogP contribution is 2.37. The molecule has 10 heteroatoms. The lowest BCUT2D eigenvalue weighted by molar-refractivity contribution is -0.118. The van der Waals surface area contributed by atoms with Crippen molar-refractivity contribution in [3.63, 3.8) is 0 Å². The number of rotatable bonds is 9. The topological polar surface area (TPSA) is 86.3 Å². The molecule has 1 heterocycles. The minimum absolute atomic E-state index is 0.206. The van der Waals surface area contributed by atoms with Crippen molar-refractivity contribution in [3.05, 3.63) is 77.2 Å². The maximum atomic E-state index is 13.1. The van der Waals surface area contributed by atoms with Crippen molar-refractivity contribution >= 4 is 57.6 Å². The Morgan fingerprint density at radius 1 is 0.919 bits per heavy atom. The number of thioether (sulfide) groups is 1. The number of thiocarbonyl (C=S) groups is 1. The van der Waals surface area contributed by atoms with Gasteiger partial charge in [0, 0.05) is 5.69 Å². The van der Waals surface area contributed by atoms with Crippen molar-refractivity contribution in [1.29, 1.82) is 0 Å². The Bertz CT molecular complexity index is 1340. The van der Waals surface area contributed by atoms with Crippen LogP contribution >= 0.6 is 24.0 Å². The van der Waals surface area contributed by atoms with E-state index in [1.165, 1.54) is 23.8 Å². The fourth-order valence-corrected chi connectivity index (χ4v) is 4.78. The average molecular weight is 537 g/mol. The van der Waals surface area contributed by atoms with E-state index in [1.54, 1.807) is 87.0 Å². The number of amides is 2. The molecule has 1 aliphatic rings. The van der Waals surface area contributed by atoms with Crippen LogP contribution in [-0.4, -0.2) is 44.1 Å². The summed E-state index contributed by atoms with van der Waals surface area (Å²) in [6.07, 6.45) is 1.74. The largest absolute Gasteiger partial charge is 0.497 e. The third-order valence-corrected chi connectivity index (χ3v) is 6.64. The van der Waals surface area contributed by atoms with Gasteiger partial charge in [0.1, 0.15) is 11.5 Å². The lowest BCUT2D eigenvalue weighted by Crippen LogP contribution is -2.27. The van der Waals surface area contributed by atoms with Crippen LogP contribution in [0.5, 0.6) is 23.0 Å². The van der Waals surface area contributed by atoms with Gasteiger partial charge in [0.2, 0.25) is 0 Å². The summed E-state index contributed by atoms with van der Waals surface area (Å²) in [7, 11) is 4.67. The van der Waals surface area contributed by atoms with Crippen molar-refractivity contribution in [2.45, 2.75) is 0 Å². The number of methoxy groups -OCH3 is 3. The molecule has 1 aliphatic heterocycles. The fraction of sp³-hybridized carbons (Fsp3) is 0.148. The number of anilines is 2. The Kier molecular flexibility index (Phi) is 8.32. The van der Waals surface area contributed by atoms with Gasteiger partial charge in [-0.15, -0.1) is 0 Å². The van der Waals surface area contributed by atoms with Gasteiger partial charge in [-0.2, -0.15) is 0 Å². The molecule has 2 amide bonds. The van der Waals surface area contributed by atoms with E-state index < -0.39 is 0 Å². The van der Waals surface area contributed by atoms with Crippen LogP contribution in [0.1, 0.15) is 5.56 Å². The molecular weight excluding hydrogens is 512 g/mol. The second kappa shape index (κ2) is 11.8. The zero-order valence-corrected chi connectivity index (χ0v) is 22.0. The maximum absolute atomic E-state index is 13.1. The standard InChI is InChI=1S/C27H24N2O6S2/c1-32-20-9-5-18(6-10-20)28-25(30)16-35-22-13-4-17(14-23(22)34-3)15-24-26(31)29(27(36)37-24)19-7-11-21(33-2)12-8-19/h4-15H,16H2,1-3H3,(H,28,30).